The maximum Gasteiger partial charge on any atom is 0.266 e. The lowest BCUT2D eigenvalue weighted by molar-refractivity contribution is 0.0747. The number of hydrogen-bond acceptors (Lipinski definition) is 6. The number of nitrogens with one attached hydrogen (secondary N) is 1. The summed E-state index contributed by atoms with van der Waals surface area (Å²) < 4.78 is 12.3. The molecule has 9 heteroatoms. The van der Waals surface area contributed by atoms with E-state index >= 15 is 0 Å². The number of aromatic amines is 1. The molecule has 8 nitrogen and oxygen atoms in total. The molecule has 1 aliphatic rings. The maximum atomic E-state index is 13.4. The molecule has 2 heterocycles. The molecule has 0 atom stereocenters. The quantitative estimate of drug-likeness (QED) is 0.415. The van der Waals surface area contributed by atoms with Gasteiger partial charge in [-0.2, -0.15) is 0 Å². The van der Waals surface area contributed by atoms with Gasteiger partial charge < -0.3 is 24.3 Å². The first-order valence-electron chi connectivity index (χ1n) is 11.6. The second-order valence-electron chi connectivity index (χ2n) is 8.49. The minimum atomic E-state index is -0.281. The van der Waals surface area contributed by atoms with E-state index in [4.69, 9.17) is 21.7 Å². The van der Waals surface area contributed by atoms with E-state index < -0.39 is 0 Å². The average Bonchev–Trinajstić information content (AvgIpc) is 2.92. The first kappa shape index (κ1) is 23.6. The number of anilines is 1. The third kappa shape index (κ3) is 4.33. The van der Waals surface area contributed by atoms with Gasteiger partial charge >= 0.3 is 0 Å². The fourth-order valence-corrected chi connectivity index (χ4v) is 4.84. The number of amides is 1. The van der Waals surface area contributed by atoms with Crippen LogP contribution in [0.4, 0.5) is 5.69 Å². The number of fused-ring (bicyclic) bond motifs is 1. The molecule has 5 rings (SSSR count). The van der Waals surface area contributed by atoms with Crippen molar-refractivity contribution in [3.63, 3.8) is 0 Å². The van der Waals surface area contributed by atoms with Crippen LogP contribution >= 0.6 is 12.2 Å². The van der Waals surface area contributed by atoms with E-state index in [0.717, 1.165) is 18.8 Å². The third-order valence-corrected chi connectivity index (χ3v) is 6.74. The Morgan fingerprint density at radius 2 is 1.58 bits per heavy atom. The highest BCUT2D eigenvalue weighted by atomic mass is 32.1. The van der Waals surface area contributed by atoms with Gasteiger partial charge in [0.1, 0.15) is 0 Å². The molecule has 0 spiro atoms. The molecule has 1 fully saturated rings. The van der Waals surface area contributed by atoms with E-state index in [2.05, 4.69) is 22.0 Å². The second-order valence-corrected chi connectivity index (χ2v) is 8.87. The first-order chi connectivity index (χ1) is 17.5. The van der Waals surface area contributed by atoms with Crippen LogP contribution < -0.4 is 19.9 Å². The molecule has 0 radical (unpaired) electrons. The fourth-order valence-electron chi connectivity index (χ4n) is 4.54. The van der Waals surface area contributed by atoms with E-state index in [9.17, 15) is 9.59 Å². The van der Waals surface area contributed by atoms with Gasteiger partial charge in [-0.1, -0.05) is 18.2 Å². The van der Waals surface area contributed by atoms with Crippen LogP contribution in [-0.4, -0.2) is 60.8 Å². The highest BCUT2D eigenvalue weighted by molar-refractivity contribution is 7.71. The summed E-state index contributed by atoms with van der Waals surface area (Å²) in [5.74, 6) is 0.982. The number of para-hydroxylation sites is 1. The Balaban J connectivity index is 1.41. The minimum Gasteiger partial charge on any atom is -0.493 e. The van der Waals surface area contributed by atoms with Crippen molar-refractivity contribution < 1.29 is 14.3 Å². The van der Waals surface area contributed by atoms with Crippen molar-refractivity contribution >= 4 is 34.7 Å². The maximum absolute atomic E-state index is 13.4. The molecular weight excluding hydrogens is 476 g/mol. The zero-order valence-corrected chi connectivity index (χ0v) is 20.9. The van der Waals surface area contributed by atoms with Crippen molar-refractivity contribution in [3.05, 3.63) is 87.4 Å². The molecule has 1 amide bonds. The predicted molar refractivity (Wildman–Crippen MR) is 142 cm³/mol. The SMILES string of the molecule is COc1ccc(-n2c(=S)[nH]c3cc(C(=O)N4CCN(c5ccccc5)CC4)ccc3c2=O)cc1OC. The van der Waals surface area contributed by atoms with Gasteiger partial charge in [-0.3, -0.25) is 14.2 Å². The molecule has 1 saturated heterocycles. The van der Waals surface area contributed by atoms with Crippen molar-refractivity contribution in [2.45, 2.75) is 0 Å². The van der Waals surface area contributed by atoms with Crippen LogP contribution in [0.2, 0.25) is 0 Å². The normalized spacial score (nSPS) is 13.6. The van der Waals surface area contributed by atoms with E-state index in [1.165, 1.54) is 11.7 Å². The Labute approximate surface area is 213 Å². The van der Waals surface area contributed by atoms with Gasteiger partial charge in [-0.15, -0.1) is 0 Å². The van der Waals surface area contributed by atoms with Crippen molar-refractivity contribution in [1.29, 1.82) is 0 Å². The summed E-state index contributed by atoms with van der Waals surface area (Å²) in [5, 5.41) is 0.434. The summed E-state index contributed by atoms with van der Waals surface area (Å²) >= 11 is 5.52. The molecule has 1 aromatic heterocycles. The molecule has 1 N–H and O–H groups in total. The average molecular weight is 503 g/mol. The van der Waals surface area contributed by atoms with Crippen LogP contribution in [0.25, 0.3) is 16.6 Å². The van der Waals surface area contributed by atoms with Crippen molar-refractivity contribution in [2.75, 3.05) is 45.3 Å². The Hall–Kier alpha value is -4.11. The third-order valence-electron chi connectivity index (χ3n) is 6.46. The molecule has 1 aliphatic heterocycles. The zero-order valence-electron chi connectivity index (χ0n) is 20.1. The summed E-state index contributed by atoms with van der Waals surface area (Å²) in [5.41, 5.74) is 2.47. The van der Waals surface area contributed by atoms with Gasteiger partial charge in [-0.05, 0) is 54.7 Å². The summed E-state index contributed by atoms with van der Waals surface area (Å²) in [7, 11) is 3.08. The van der Waals surface area contributed by atoms with Crippen LogP contribution in [0.3, 0.4) is 0 Å². The Morgan fingerprint density at radius 3 is 2.28 bits per heavy atom. The minimum absolute atomic E-state index is 0.0620. The smallest absolute Gasteiger partial charge is 0.266 e. The number of carbonyl (C=O) groups is 1. The van der Waals surface area contributed by atoms with Gasteiger partial charge in [0.15, 0.2) is 16.3 Å². The number of methoxy groups -OCH3 is 2. The highest BCUT2D eigenvalue weighted by Gasteiger charge is 2.23. The lowest BCUT2D eigenvalue weighted by Crippen LogP contribution is -2.48. The van der Waals surface area contributed by atoms with E-state index in [-0.39, 0.29) is 16.2 Å². The summed E-state index contributed by atoms with van der Waals surface area (Å²) in [4.78, 5) is 33.8. The lowest BCUT2D eigenvalue weighted by Gasteiger charge is -2.36. The molecule has 0 saturated carbocycles. The molecule has 0 aliphatic carbocycles. The Bertz CT molecular complexity index is 1540. The number of H-pyrrole nitrogens is 1. The molecule has 3 aromatic carbocycles. The lowest BCUT2D eigenvalue weighted by atomic mass is 10.1. The predicted octanol–water partition coefficient (Wildman–Crippen LogP) is 4.03. The van der Waals surface area contributed by atoms with Crippen molar-refractivity contribution in [1.82, 2.24) is 14.5 Å². The van der Waals surface area contributed by atoms with Gasteiger partial charge in [0, 0.05) is 43.5 Å². The number of nitrogens with zero attached hydrogens (tertiary/aromatic N) is 3. The molecule has 184 valence electrons. The number of benzene rings is 3. The fraction of sp³-hybridized carbons (Fsp3) is 0.222. The molecule has 0 bridgehead atoms. The molecule has 36 heavy (non-hydrogen) atoms. The monoisotopic (exact) mass is 502 g/mol. The highest BCUT2D eigenvalue weighted by Crippen LogP contribution is 2.29. The largest absolute Gasteiger partial charge is 0.493 e. The van der Waals surface area contributed by atoms with Gasteiger partial charge in [0.25, 0.3) is 11.5 Å². The second kappa shape index (κ2) is 9.87. The van der Waals surface area contributed by atoms with Crippen molar-refractivity contribution in [3.8, 4) is 17.2 Å². The van der Waals surface area contributed by atoms with Gasteiger partial charge in [0.2, 0.25) is 0 Å². The number of hydrogen-bond donors (Lipinski definition) is 1. The van der Waals surface area contributed by atoms with Gasteiger partial charge in [0.05, 0.1) is 30.8 Å². The van der Waals surface area contributed by atoms with Crippen molar-refractivity contribution in [2.24, 2.45) is 0 Å². The zero-order chi connectivity index (χ0) is 25.2. The number of carbonyl (C=O) groups excluding carboxylic acids is 1. The van der Waals surface area contributed by atoms with Crippen LogP contribution in [0.5, 0.6) is 11.5 Å². The standard InChI is InChI=1S/C27H26N4O4S/c1-34-23-11-9-20(17-24(23)35-2)31-26(33)21-10-8-18(16-22(21)28-27(31)36)25(32)30-14-12-29(13-15-30)19-6-4-3-5-7-19/h3-11,16-17H,12-15H2,1-2H3,(H,28,36). The van der Waals surface area contributed by atoms with Crippen LogP contribution in [0.1, 0.15) is 10.4 Å². The Morgan fingerprint density at radius 1 is 0.861 bits per heavy atom. The summed E-state index contributed by atoms with van der Waals surface area (Å²) in [6, 6.07) is 20.4. The summed E-state index contributed by atoms with van der Waals surface area (Å²) in [6.07, 6.45) is 0. The topological polar surface area (TPSA) is 79.8 Å². The van der Waals surface area contributed by atoms with E-state index in [1.807, 2.05) is 23.1 Å². The van der Waals surface area contributed by atoms with Crippen LogP contribution in [0, 0.1) is 4.77 Å². The summed E-state index contributed by atoms with van der Waals surface area (Å²) in [6.45, 7) is 2.79. The Kier molecular flexibility index (Phi) is 6.47. The van der Waals surface area contributed by atoms with Gasteiger partial charge in [-0.25, -0.2) is 0 Å². The van der Waals surface area contributed by atoms with E-state index in [1.54, 1.807) is 43.5 Å². The molecular formula is C27H26N4O4S. The number of ether oxygens (including phenoxy) is 2. The molecule has 4 aromatic rings. The number of rotatable bonds is 5. The van der Waals surface area contributed by atoms with Crippen LogP contribution in [-0.2, 0) is 0 Å². The number of aromatic nitrogens is 2. The van der Waals surface area contributed by atoms with Crippen LogP contribution in [0.15, 0.2) is 71.5 Å². The molecule has 0 unspecified atom stereocenters. The first-order valence-corrected chi connectivity index (χ1v) is 12.0. The van der Waals surface area contributed by atoms with E-state index in [0.29, 0.717) is 46.7 Å². The number of piperazine rings is 1.